The van der Waals surface area contributed by atoms with Crippen LogP contribution in [-0.2, 0) is 4.74 Å². The zero-order valence-corrected chi connectivity index (χ0v) is 10.8. The summed E-state index contributed by atoms with van der Waals surface area (Å²) in [6, 6.07) is 0. The predicted molar refractivity (Wildman–Crippen MR) is 64.4 cm³/mol. The first-order chi connectivity index (χ1) is 8.36. The Morgan fingerprint density at radius 2 is 2.28 bits per heavy atom. The molecule has 6 nitrogen and oxygen atoms in total. The highest BCUT2D eigenvalue weighted by molar-refractivity contribution is 7.71. The van der Waals surface area contributed by atoms with Crippen molar-refractivity contribution in [1.29, 1.82) is 0 Å². The molecule has 0 saturated heterocycles. The average Bonchev–Trinajstić information content (AvgIpc) is 2.29. The topological polar surface area (TPSA) is 87.5 Å². The number of aliphatic hydroxyl groups excluding tert-OH is 2. The Hall–Kier alpha value is -1.09. The molecule has 1 aromatic heterocycles. The molecular formula is C10H15FN2O4S. The van der Waals surface area contributed by atoms with Crippen LogP contribution in [-0.4, -0.2) is 38.8 Å². The molecule has 0 saturated carbocycles. The van der Waals surface area contributed by atoms with Gasteiger partial charge in [0, 0.05) is 11.8 Å². The summed E-state index contributed by atoms with van der Waals surface area (Å²) in [7, 11) is 0. The normalized spacial score (nSPS) is 16.3. The van der Waals surface area contributed by atoms with Crippen LogP contribution in [0.5, 0.6) is 0 Å². The molecule has 8 heteroatoms. The van der Waals surface area contributed by atoms with E-state index in [0.717, 1.165) is 4.57 Å². The van der Waals surface area contributed by atoms with E-state index in [2.05, 4.69) is 4.98 Å². The second-order valence-electron chi connectivity index (χ2n) is 3.81. The van der Waals surface area contributed by atoms with Gasteiger partial charge in [-0.15, -0.1) is 0 Å². The molecule has 0 fully saturated rings. The molecule has 2 unspecified atom stereocenters. The fourth-order valence-electron chi connectivity index (χ4n) is 1.37. The lowest BCUT2D eigenvalue weighted by molar-refractivity contribution is -0.156. The van der Waals surface area contributed by atoms with Crippen molar-refractivity contribution in [2.45, 2.75) is 32.5 Å². The molecule has 0 aliphatic heterocycles. The van der Waals surface area contributed by atoms with Gasteiger partial charge in [-0.3, -0.25) is 9.55 Å². The minimum Gasteiger partial charge on any atom is -0.393 e. The van der Waals surface area contributed by atoms with E-state index in [4.69, 9.17) is 27.2 Å². The summed E-state index contributed by atoms with van der Waals surface area (Å²) >= 11 is 4.89. The Labute approximate surface area is 108 Å². The number of aromatic nitrogens is 2. The number of nitrogens with zero attached hydrogens (tertiary/aromatic N) is 1. The maximum absolute atomic E-state index is 12.6. The van der Waals surface area contributed by atoms with Crippen LogP contribution < -0.4 is 5.69 Å². The van der Waals surface area contributed by atoms with Crippen molar-refractivity contribution in [1.82, 2.24) is 9.55 Å². The van der Waals surface area contributed by atoms with Gasteiger partial charge >= 0.3 is 5.69 Å². The van der Waals surface area contributed by atoms with E-state index in [0.29, 0.717) is 10.2 Å². The van der Waals surface area contributed by atoms with Crippen molar-refractivity contribution < 1.29 is 19.3 Å². The van der Waals surface area contributed by atoms with Gasteiger partial charge in [-0.25, -0.2) is 9.18 Å². The monoisotopic (exact) mass is 278 g/mol. The Morgan fingerprint density at radius 1 is 1.67 bits per heavy atom. The van der Waals surface area contributed by atoms with Crippen molar-refractivity contribution in [3.8, 4) is 0 Å². The lowest BCUT2D eigenvalue weighted by Crippen LogP contribution is -2.35. The molecule has 3 atom stereocenters. The van der Waals surface area contributed by atoms with Crippen molar-refractivity contribution in [3.63, 3.8) is 0 Å². The number of aryl methyl sites for hydroxylation is 1. The molecule has 0 aliphatic rings. The van der Waals surface area contributed by atoms with E-state index >= 15 is 0 Å². The van der Waals surface area contributed by atoms with E-state index < -0.39 is 31.0 Å². The maximum atomic E-state index is 12.6. The first kappa shape index (κ1) is 15.0. The fourth-order valence-corrected chi connectivity index (χ4v) is 1.51. The number of alkyl halides is 1. The number of hydrogen-bond donors (Lipinski definition) is 3. The summed E-state index contributed by atoms with van der Waals surface area (Å²) in [5, 5.41) is 17.5. The maximum Gasteiger partial charge on any atom is 0.328 e. The largest absolute Gasteiger partial charge is 0.393 e. The Bertz CT molecular complexity index is 513. The number of hydrogen-bond acceptors (Lipinski definition) is 5. The molecule has 102 valence electrons. The van der Waals surface area contributed by atoms with Gasteiger partial charge in [-0.2, -0.15) is 0 Å². The molecular weight excluding hydrogens is 263 g/mol. The lowest BCUT2D eigenvalue weighted by Gasteiger charge is -2.22. The van der Waals surface area contributed by atoms with Gasteiger partial charge in [-0.05, 0) is 13.8 Å². The van der Waals surface area contributed by atoms with Gasteiger partial charge in [0.1, 0.15) is 17.0 Å². The third kappa shape index (κ3) is 3.45. The summed E-state index contributed by atoms with van der Waals surface area (Å²) in [5.41, 5.74) is 0.143. The average molecular weight is 278 g/mol. The van der Waals surface area contributed by atoms with Crippen molar-refractivity contribution in [2.75, 3.05) is 6.61 Å². The Morgan fingerprint density at radius 3 is 2.78 bits per heavy atom. The van der Waals surface area contributed by atoms with Crippen LogP contribution in [0.2, 0.25) is 0 Å². The van der Waals surface area contributed by atoms with Crippen molar-refractivity contribution in [3.05, 3.63) is 26.9 Å². The number of aliphatic hydroxyl groups is 2. The SMILES string of the molecule is Cc1cn(C(C)OC(CO)[C@@H](O)F)c(=O)[nH]c1=S. The van der Waals surface area contributed by atoms with E-state index in [1.807, 2.05) is 0 Å². The molecule has 0 radical (unpaired) electrons. The standard InChI is InChI=1S/C10H15FN2O4S/c1-5-3-13(10(16)12-9(5)18)6(2)17-7(4-14)8(11)15/h3,6-8,14-15H,4H2,1-2H3,(H,12,16,18)/t6?,7?,8-/m1/s1. The minimum atomic E-state index is -2.32. The van der Waals surface area contributed by atoms with E-state index in [-0.39, 0.29) is 0 Å². The van der Waals surface area contributed by atoms with Gasteiger partial charge in [0.2, 0.25) is 6.36 Å². The van der Waals surface area contributed by atoms with Crippen LogP contribution in [0.3, 0.4) is 0 Å². The van der Waals surface area contributed by atoms with E-state index in [1.165, 1.54) is 13.1 Å². The van der Waals surface area contributed by atoms with E-state index in [1.54, 1.807) is 6.92 Å². The highest BCUT2D eigenvalue weighted by Gasteiger charge is 2.22. The van der Waals surface area contributed by atoms with Crippen LogP contribution in [0, 0.1) is 11.6 Å². The number of ether oxygens (including phenoxy) is 1. The first-order valence-electron chi connectivity index (χ1n) is 5.27. The Kier molecular flexibility index (Phi) is 5.15. The third-order valence-electron chi connectivity index (χ3n) is 2.40. The van der Waals surface area contributed by atoms with Gasteiger partial charge in [0.25, 0.3) is 0 Å². The molecule has 1 rings (SSSR count). The zero-order chi connectivity index (χ0) is 13.9. The molecule has 0 bridgehead atoms. The second kappa shape index (κ2) is 6.19. The van der Waals surface area contributed by atoms with Crippen molar-refractivity contribution in [2.24, 2.45) is 0 Å². The van der Waals surface area contributed by atoms with Crippen LogP contribution in [0.25, 0.3) is 0 Å². The molecule has 0 aliphatic carbocycles. The molecule has 18 heavy (non-hydrogen) atoms. The Balaban J connectivity index is 2.97. The molecule has 0 aromatic carbocycles. The van der Waals surface area contributed by atoms with Crippen LogP contribution >= 0.6 is 12.2 Å². The van der Waals surface area contributed by atoms with E-state index in [9.17, 15) is 9.18 Å². The molecule has 0 amide bonds. The summed E-state index contributed by atoms with van der Waals surface area (Å²) in [6.45, 7) is 2.50. The summed E-state index contributed by atoms with van der Waals surface area (Å²) in [4.78, 5) is 14.0. The number of nitrogens with one attached hydrogen (secondary N) is 1. The van der Waals surface area contributed by atoms with Crippen molar-refractivity contribution >= 4 is 12.2 Å². The number of aromatic amines is 1. The molecule has 0 spiro atoms. The first-order valence-corrected chi connectivity index (χ1v) is 5.68. The zero-order valence-electron chi connectivity index (χ0n) is 9.96. The highest BCUT2D eigenvalue weighted by Crippen LogP contribution is 2.12. The van der Waals surface area contributed by atoms with Crippen LogP contribution in [0.4, 0.5) is 4.39 Å². The summed E-state index contributed by atoms with van der Waals surface area (Å²) in [5.74, 6) is 0. The fraction of sp³-hybridized carbons (Fsp3) is 0.600. The van der Waals surface area contributed by atoms with Gasteiger partial charge in [-0.1, -0.05) is 12.2 Å². The van der Waals surface area contributed by atoms with Gasteiger partial charge in [0.05, 0.1) is 6.61 Å². The summed E-state index contributed by atoms with van der Waals surface area (Å²) in [6.07, 6.45) is -3.12. The number of rotatable bonds is 5. The smallest absolute Gasteiger partial charge is 0.328 e. The minimum absolute atomic E-state index is 0.313. The highest BCUT2D eigenvalue weighted by atomic mass is 32.1. The molecule has 1 aromatic rings. The summed E-state index contributed by atoms with van der Waals surface area (Å²) < 4.78 is 19.2. The number of halogens is 1. The second-order valence-corrected chi connectivity index (χ2v) is 4.22. The quantitative estimate of drug-likeness (QED) is 0.679. The van der Waals surface area contributed by atoms with Crippen LogP contribution in [0.15, 0.2) is 11.0 Å². The third-order valence-corrected chi connectivity index (χ3v) is 2.82. The van der Waals surface area contributed by atoms with Gasteiger partial charge < -0.3 is 14.9 Å². The molecule has 3 N–H and O–H groups in total. The predicted octanol–water partition coefficient (Wildman–Crippen LogP) is 0.398. The van der Waals surface area contributed by atoms with Crippen LogP contribution in [0.1, 0.15) is 18.7 Å². The molecule has 1 heterocycles. The number of H-pyrrole nitrogens is 1. The van der Waals surface area contributed by atoms with Gasteiger partial charge in [0.15, 0.2) is 0 Å². The lowest BCUT2D eigenvalue weighted by atomic mass is 10.3.